The van der Waals surface area contributed by atoms with E-state index < -0.39 is 0 Å². The second-order valence-electron chi connectivity index (χ2n) is 2.38. The van der Waals surface area contributed by atoms with Gasteiger partial charge in [0.15, 0.2) is 0 Å². The second-order valence-corrected chi connectivity index (χ2v) is 3.29. The second kappa shape index (κ2) is 4.26. The summed E-state index contributed by atoms with van der Waals surface area (Å²) in [5.41, 5.74) is 1.02. The molecule has 0 aromatic carbocycles. The minimum absolute atomic E-state index is 0.496. The molecule has 12 heavy (non-hydrogen) atoms. The van der Waals surface area contributed by atoms with Crippen molar-refractivity contribution in [3.8, 4) is 5.88 Å². The van der Waals surface area contributed by atoms with Crippen molar-refractivity contribution in [1.82, 2.24) is 4.98 Å². The fourth-order valence-corrected chi connectivity index (χ4v) is 1.26. The Labute approximate surface area is 80.4 Å². The Hall–Kier alpha value is -0.830. The van der Waals surface area contributed by atoms with E-state index in [9.17, 15) is 0 Å². The lowest BCUT2D eigenvalue weighted by Gasteiger charge is -2.04. The molecule has 0 spiro atoms. The third kappa shape index (κ3) is 2.34. The number of hydrogen-bond acceptors (Lipinski definition) is 2. The molecule has 0 aliphatic heterocycles. The number of aromatic nitrogens is 1. The molecule has 3 heteroatoms. The van der Waals surface area contributed by atoms with Gasteiger partial charge in [0, 0.05) is 16.2 Å². The van der Waals surface area contributed by atoms with Crippen molar-refractivity contribution in [1.29, 1.82) is 0 Å². The smallest absolute Gasteiger partial charge is 0.216 e. The molecule has 1 aromatic heterocycles. The van der Waals surface area contributed by atoms with Gasteiger partial charge in [0.1, 0.15) is 6.61 Å². The van der Waals surface area contributed by atoms with Crippen LogP contribution in [-0.4, -0.2) is 11.6 Å². The number of aryl methyl sites for hydroxylation is 1. The minimum Gasteiger partial charge on any atom is -0.473 e. The maximum Gasteiger partial charge on any atom is 0.216 e. The van der Waals surface area contributed by atoms with Gasteiger partial charge in [0.2, 0.25) is 5.88 Å². The summed E-state index contributed by atoms with van der Waals surface area (Å²) in [7, 11) is 0. The molecule has 1 aromatic rings. The Kier molecular flexibility index (Phi) is 3.29. The average Bonchev–Trinajstić information content (AvgIpc) is 2.03. The molecule has 64 valence electrons. The molecule has 0 saturated carbocycles. The molecule has 0 N–H and O–H groups in total. The standard InChI is InChI=1S/C9H10BrNO/c1-3-4-12-9-7(2)5-8(10)6-11-9/h3,5-6H,1,4H2,2H3. The van der Waals surface area contributed by atoms with Gasteiger partial charge in [-0.05, 0) is 28.9 Å². The van der Waals surface area contributed by atoms with Gasteiger partial charge in [-0.15, -0.1) is 0 Å². The maximum absolute atomic E-state index is 5.29. The van der Waals surface area contributed by atoms with Gasteiger partial charge in [-0.1, -0.05) is 12.7 Å². The summed E-state index contributed by atoms with van der Waals surface area (Å²) in [6, 6.07) is 1.96. The van der Waals surface area contributed by atoms with Crippen LogP contribution in [0.3, 0.4) is 0 Å². The molecule has 0 bridgehead atoms. The summed E-state index contributed by atoms with van der Waals surface area (Å²) in [6.07, 6.45) is 3.41. The van der Waals surface area contributed by atoms with Crippen LogP contribution >= 0.6 is 15.9 Å². The van der Waals surface area contributed by atoms with E-state index in [1.807, 2.05) is 13.0 Å². The zero-order valence-corrected chi connectivity index (χ0v) is 8.47. The van der Waals surface area contributed by atoms with Crippen LogP contribution in [0.1, 0.15) is 5.56 Å². The van der Waals surface area contributed by atoms with Crippen LogP contribution in [0.25, 0.3) is 0 Å². The van der Waals surface area contributed by atoms with Crippen LogP contribution in [0.4, 0.5) is 0 Å². The molecule has 0 fully saturated rings. The lowest BCUT2D eigenvalue weighted by atomic mass is 10.3. The Morgan fingerprint density at radius 2 is 2.50 bits per heavy atom. The number of pyridine rings is 1. The molecule has 0 atom stereocenters. The van der Waals surface area contributed by atoms with Crippen LogP contribution in [0.2, 0.25) is 0 Å². The molecule has 1 rings (SSSR count). The first kappa shape index (κ1) is 9.26. The number of rotatable bonds is 3. The molecule has 0 saturated heterocycles. The van der Waals surface area contributed by atoms with Gasteiger partial charge in [-0.3, -0.25) is 0 Å². The Balaban J connectivity index is 2.78. The molecule has 0 aliphatic rings. The zero-order chi connectivity index (χ0) is 8.97. The van der Waals surface area contributed by atoms with E-state index in [0.717, 1.165) is 10.0 Å². The molecule has 2 nitrogen and oxygen atoms in total. The molecular weight excluding hydrogens is 218 g/mol. The number of ether oxygens (including phenoxy) is 1. The van der Waals surface area contributed by atoms with Crippen molar-refractivity contribution >= 4 is 15.9 Å². The first-order valence-corrected chi connectivity index (χ1v) is 4.39. The monoisotopic (exact) mass is 227 g/mol. The quantitative estimate of drug-likeness (QED) is 0.742. The topological polar surface area (TPSA) is 22.1 Å². The fourth-order valence-electron chi connectivity index (χ4n) is 0.817. The number of nitrogens with zero attached hydrogens (tertiary/aromatic N) is 1. The van der Waals surface area contributed by atoms with Gasteiger partial charge in [-0.2, -0.15) is 0 Å². The summed E-state index contributed by atoms with van der Waals surface area (Å²) in [5, 5.41) is 0. The third-order valence-corrected chi connectivity index (χ3v) is 1.77. The van der Waals surface area contributed by atoms with Crippen LogP contribution in [0.15, 0.2) is 29.4 Å². The van der Waals surface area contributed by atoms with Gasteiger partial charge in [-0.25, -0.2) is 4.98 Å². The van der Waals surface area contributed by atoms with Gasteiger partial charge < -0.3 is 4.74 Å². The summed E-state index contributed by atoms with van der Waals surface area (Å²) in [6.45, 7) is 6.01. The van der Waals surface area contributed by atoms with Crippen molar-refractivity contribution in [2.45, 2.75) is 6.92 Å². The van der Waals surface area contributed by atoms with E-state index >= 15 is 0 Å². The van der Waals surface area contributed by atoms with Gasteiger partial charge >= 0.3 is 0 Å². The van der Waals surface area contributed by atoms with E-state index in [0.29, 0.717) is 12.5 Å². The van der Waals surface area contributed by atoms with Crippen LogP contribution in [0.5, 0.6) is 5.88 Å². The predicted octanol–water partition coefficient (Wildman–Crippen LogP) is 2.72. The summed E-state index contributed by atoms with van der Waals surface area (Å²) in [5.74, 6) is 0.665. The number of halogens is 1. The lowest BCUT2D eigenvalue weighted by molar-refractivity contribution is 0.346. The Bertz CT molecular complexity index is 286. The SMILES string of the molecule is C=CCOc1ncc(Br)cc1C. The van der Waals surface area contributed by atoms with E-state index in [1.165, 1.54) is 0 Å². The van der Waals surface area contributed by atoms with Crippen molar-refractivity contribution in [3.63, 3.8) is 0 Å². The van der Waals surface area contributed by atoms with Crippen LogP contribution < -0.4 is 4.74 Å². The zero-order valence-electron chi connectivity index (χ0n) is 6.88. The summed E-state index contributed by atoms with van der Waals surface area (Å²) >= 11 is 3.33. The highest BCUT2D eigenvalue weighted by atomic mass is 79.9. The highest BCUT2D eigenvalue weighted by Crippen LogP contribution is 2.18. The van der Waals surface area contributed by atoms with Crippen molar-refractivity contribution < 1.29 is 4.74 Å². The predicted molar refractivity (Wildman–Crippen MR) is 52.4 cm³/mol. The van der Waals surface area contributed by atoms with Crippen molar-refractivity contribution in [2.24, 2.45) is 0 Å². The maximum atomic E-state index is 5.29. The van der Waals surface area contributed by atoms with Crippen molar-refractivity contribution in [2.75, 3.05) is 6.61 Å². The van der Waals surface area contributed by atoms with Crippen molar-refractivity contribution in [3.05, 3.63) is 35.0 Å². The highest BCUT2D eigenvalue weighted by molar-refractivity contribution is 9.10. The molecule has 0 amide bonds. The summed E-state index contributed by atoms with van der Waals surface area (Å²) in [4.78, 5) is 4.10. The normalized spacial score (nSPS) is 9.50. The third-order valence-electron chi connectivity index (χ3n) is 1.33. The lowest BCUT2D eigenvalue weighted by Crippen LogP contribution is -1.97. The van der Waals surface area contributed by atoms with Crippen LogP contribution in [0, 0.1) is 6.92 Å². The highest BCUT2D eigenvalue weighted by Gasteiger charge is 1.99. The van der Waals surface area contributed by atoms with Gasteiger partial charge in [0.25, 0.3) is 0 Å². The Morgan fingerprint density at radius 1 is 1.75 bits per heavy atom. The first-order valence-electron chi connectivity index (χ1n) is 3.60. The molecule has 0 radical (unpaired) electrons. The van der Waals surface area contributed by atoms with E-state index in [1.54, 1.807) is 12.3 Å². The van der Waals surface area contributed by atoms with E-state index in [2.05, 4.69) is 27.5 Å². The largest absolute Gasteiger partial charge is 0.473 e. The Morgan fingerprint density at radius 3 is 3.08 bits per heavy atom. The first-order chi connectivity index (χ1) is 5.74. The molecule has 1 heterocycles. The van der Waals surface area contributed by atoms with E-state index in [-0.39, 0.29) is 0 Å². The van der Waals surface area contributed by atoms with E-state index in [4.69, 9.17) is 4.74 Å². The van der Waals surface area contributed by atoms with Crippen LogP contribution in [-0.2, 0) is 0 Å². The number of hydrogen-bond donors (Lipinski definition) is 0. The van der Waals surface area contributed by atoms with Gasteiger partial charge in [0.05, 0.1) is 0 Å². The molecular formula is C9H10BrNO. The molecule has 0 aliphatic carbocycles. The fraction of sp³-hybridized carbons (Fsp3) is 0.222. The average molecular weight is 228 g/mol. The molecule has 0 unspecified atom stereocenters. The minimum atomic E-state index is 0.496. The summed E-state index contributed by atoms with van der Waals surface area (Å²) < 4.78 is 6.25.